The zero-order valence-electron chi connectivity index (χ0n) is 11.7. The summed E-state index contributed by atoms with van der Waals surface area (Å²) in [6.45, 7) is 7.51. The second-order valence-electron chi connectivity index (χ2n) is 6.03. The molecule has 0 aromatic heterocycles. The van der Waals surface area contributed by atoms with Gasteiger partial charge in [-0.2, -0.15) is 0 Å². The molecule has 6 nitrogen and oxygen atoms in total. The Labute approximate surface area is 112 Å². The lowest BCUT2D eigenvalue weighted by Crippen LogP contribution is -2.96. The second kappa shape index (κ2) is 4.59. The van der Waals surface area contributed by atoms with Crippen LogP contribution < -0.4 is 5.32 Å². The predicted molar refractivity (Wildman–Crippen MR) is 66.1 cm³/mol. The highest BCUT2D eigenvalue weighted by Crippen LogP contribution is 2.37. The van der Waals surface area contributed by atoms with Crippen LogP contribution in [0.5, 0.6) is 0 Å². The molecule has 2 bridgehead atoms. The summed E-state index contributed by atoms with van der Waals surface area (Å²) in [4.78, 5) is 37.5. The van der Waals surface area contributed by atoms with Gasteiger partial charge in [0.05, 0.1) is 30.5 Å². The summed E-state index contributed by atoms with van der Waals surface area (Å²) in [6.07, 6.45) is 0. The molecule has 2 heterocycles. The first-order chi connectivity index (χ1) is 8.82. The molecular weight excluding hydrogens is 248 g/mol. The molecule has 2 aliphatic heterocycles. The zero-order valence-corrected chi connectivity index (χ0v) is 11.7. The molecule has 2 N–H and O–H groups in total. The molecule has 0 spiro atoms. The van der Waals surface area contributed by atoms with Crippen molar-refractivity contribution in [2.24, 2.45) is 10.8 Å². The van der Waals surface area contributed by atoms with Gasteiger partial charge in [-0.1, -0.05) is 0 Å². The van der Waals surface area contributed by atoms with Crippen LogP contribution in [0.4, 0.5) is 0 Å². The average molecular weight is 269 g/mol. The van der Waals surface area contributed by atoms with E-state index in [-0.39, 0.29) is 12.4 Å². The average Bonchev–Trinajstić information content (AvgIpc) is 2.33. The van der Waals surface area contributed by atoms with Crippen molar-refractivity contribution in [1.29, 1.82) is 0 Å². The molecule has 106 valence electrons. The lowest BCUT2D eigenvalue weighted by Gasteiger charge is -2.49. The highest BCUT2D eigenvalue weighted by molar-refractivity contribution is 6.32. The number of ether oxygens (including phenoxy) is 1. The first-order valence-electron chi connectivity index (χ1n) is 6.65. The number of Topliss-reactive ketones (excluding diaryl/α,β-unsaturated/α-hetero) is 1. The number of nitrogens with zero attached hydrogens (tertiary/aromatic N) is 1. The van der Waals surface area contributed by atoms with Gasteiger partial charge in [0, 0.05) is 13.1 Å². The topological polar surface area (TPSA) is 80.3 Å². The fourth-order valence-corrected chi connectivity index (χ4v) is 3.26. The van der Waals surface area contributed by atoms with Crippen molar-refractivity contribution >= 4 is 17.7 Å². The summed E-state index contributed by atoms with van der Waals surface area (Å²) in [6, 6.07) is 0. The standard InChI is InChI=1S/C13H20N2O4/c1-4-19-10(17)9(16)15-7-12(2)5-14-6-13(3,8-15)11(12)18/h14H,4-8H2,1-3H3/p+1/t12-,13+. The van der Waals surface area contributed by atoms with E-state index in [4.69, 9.17) is 4.74 Å². The Hall–Kier alpha value is -1.43. The van der Waals surface area contributed by atoms with Gasteiger partial charge < -0.3 is 15.0 Å². The van der Waals surface area contributed by atoms with Gasteiger partial charge in [-0.15, -0.1) is 0 Å². The molecule has 19 heavy (non-hydrogen) atoms. The minimum absolute atomic E-state index is 0.180. The van der Waals surface area contributed by atoms with Gasteiger partial charge in [0.1, 0.15) is 0 Å². The first kappa shape index (κ1) is 14.0. The van der Waals surface area contributed by atoms with Crippen LogP contribution >= 0.6 is 0 Å². The third kappa shape index (κ3) is 2.25. The zero-order chi connectivity index (χ0) is 14.3. The minimum Gasteiger partial charge on any atom is -0.459 e. The fourth-order valence-electron chi connectivity index (χ4n) is 3.26. The van der Waals surface area contributed by atoms with E-state index >= 15 is 0 Å². The largest absolute Gasteiger partial charge is 0.459 e. The quantitative estimate of drug-likeness (QED) is 0.466. The molecule has 1 amide bonds. The number of quaternary nitrogens is 1. The van der Waals surface area contributed by atoms with E-state index in [1.54, 1.807) is 6.92 Å². The second-order valence-corrected chi connectivity index (χ2v) is 6.03. The maximum absolute atomic E-state index is 12.4. The van der Waals surface area contributed by atoms with E-state index in [0.29, 0.717) is 26.2 Å². The Bertz CT molecular complexity index is 414. The summed E-state index contributed by atoms with van der Waals surface area (Å²) < 4.78 is 4.75. The van der Waals surface area contributed by atoms with Crippen molar-refractivity contribution in [2.45, 2.75) is 20.8 Å². The van der Waals surface area contributed by atoms with Crippen molar-refractivity contribution in [2.75, 3.05) is 32.8 Å². The van der Waals surface area contributed by atoms with Crippen LogP contribution in [0.3, 0.4) is 0 Å². The molecule has 2 atom stereocenters. The number of likely N-dealkylation sites (tertiary alicyclic amines) is 1. The minimum atomic E-state index is -0.828. The summed E-state index contributed by atoms with van der Waals surface area (Å²) in [5, 5.41) is 2.12. The number of esters is 1. The lowest BCUT2D eigenvalue weighted by molar-refractivity contribution is -0.681. The van der Waals surface area contributed by atoms with Crippen molar-refractivity contribution in [3.63, 3.8) is 0 Å². The Morgan fingerprint density at radius 3 is 2.26 bits per heavy atom. The molecule has 0 saturated carbocycles. The molecule has 0 aromatic carbocycles. The van der Waals surface area contributed by atoms with Crippen LogP contribution in [0.15, 0.2) is 0 Å². The molecule has 0 aliphatic carbocycles. The highest BCUT2D eigenvalue weighted by Gasteiger charge is 2.57. The molecule has 0 radical (unpaired) electrons. The Balaban J connectivity index is 2.20. The number of ketones is 1. The molecule has 6 heteroatoms. The van der Waals surface area contributed by atoms with Gasteiger partial charge in [0.15, 0.2) is 5.78 Å². The number of hydrogen-bond donors (Lipinski definition) is 1. The van der Waals surface area contributed by atoms with Gasteiger partial charge in [-0.05, 0) is 20.8 Å². The third-order valence-electron chi connectivity index (χ3n) is 4.10. The monoisotopic (exact) mass is 269 g/mol. The van der Waals surface area contributed by atoms with Gasteiger partial charge in [0.2, 0.25) is 0 Å². The van der Waals surface area contributed by atoms with Crippen LogP contribution in [-0.4, -0.2) is 55.3 Å². The van der Waals surface area contributed by atoms with Crippen LogP contribution in [-0.2, 0) is 19.1 Å². The van der Waals surface area contributed by atoms with Gasteiger partial charge in [0.25, 0.3) is 0 Å². The number of carbonyl (C=O) groups excluding carboxylic acids is 3. The van der Waals surface area contributed by atoms with Crippen LogP contribution in [0.2, 0.25) is 0 Å². The number of nitrogens with two attached hydrogens (primary N) is 1. The van der Waals surface area contributed by atoms with Gasteiger partial charge in [-0.25, -0.2) is 4.79 Å². The smallest absolute Gasteiger partial charge is 0.397 e. The van der Waals surface area contributed by atoms with Crippen molar-refractivity contribution in [3.8, 4) is 0 Å². The Morgan fingerprint density at radius 1 is 1.26 bits per heavy atom. The molecular formula is C13H21N2O4+. The van der Waals surface area contributed by atoms with Gasteiger partial charge in [-0.3, -0.25) is 9.59 Å². The number of amides is 1. The number of rotatable bonds is 1. The van der Waals surface area contributed by atoms with Crippen molar-refractivity contribution in [1.82, 2.24) is 4.90 Å². The summed E-state index contributed by atoms with van der Waals surface area (Å²) in [5.74, 6) is -1.25. The lowest BCUT2D eigenvalue weighted by atomic mass is 9.65. The number of fused-ring (bicyclic) bond motifs is 2. The molecule has 0 unspecified atom stereocenters. The predicted octanol–water partition coefficient (Wildman–Crippen LogP) is -1.45. The van der Waals surface area contributed by atoms with Crippen LogP contribution in [0, 0.1) is 10.8 Å². The van der Waals surface area contributed by atoms with E-state index in [2.05, 4.69) is 5.32 Å². The number of carbonyl (C=O) groups is 3. The van der Waals surface area contributed by atoms with E-state index in [1.165, 1.54) is 4.90 Å². The third-order valence-corrected chi connectivity index (χ3v) is 4.10. The molecule has 2 fully saturated rings. The van der Waals surface area contributed by atoms with E-state index in [9.17, 15) is 14.4 Å². The molecule has 2 saturated heterocycles. The first-order valence-corrected chi connectivity index (χ1v) is 6.65. The summed E-state index contributed by atoms with van der Waals surface area (Å²) in [5.41, 5.74) is -1.12. The Morgan fingerprint density at radius 2 is 1.79 bits per heavy atom. The molecule has 0 aromatic rings. The summed E-state index contributed by atoms with van der Waals surface area (Å²) in [7, 11) is 0. The molecule has 2 rings (SSSR count). The van der Waals surface area contributed by atoms with E-state index < -0.39 is 22.7 Å². The van der Waals surface area contributed by atoms with Crippen LogP contribution in [0.1, 0.15) is 20.8 Å². The highest BCUT2D eigenvalue weighted by atomic mass is 16.5. The number of piperidine rings is 2. The SMILES string of the molecule is CCOC(=O)C(=O)N1C[C@]2(C)C[NH2+]C[C@](C)(C1)C2=O. The maximum atomic E-state index is 12.4. The van der Waals surface area contributed by atoms with Gasteiger partial charge >= 0.3 is 11.9 Å². The van der Waals surface area contributed by atoms with Crippen LogP contribution in [0.25, 0.3) is 0 Å². The van der Waals surface area contributed by atoms with Crippen molar-refractivity contribution < 1.29 is 24.4 Å². The Kier molecular flexibility index (Phi) is 3.38. The number of hydrogen-bond acceptors (Lipinski definition) is 4. The maximum Gasteiger partial charge on any atom is 0.397 e. The fraction of sp³-hybridized carbons (Fsp3) is 0.769. The summed E-state index contributed by atoms with van der Waals surface area (Å²) >= 11 is 0. The van der Waals surface area contributed by atoms with E-state index in [0.717, 1.165) is 0 Å². The normalized spacial score (nSPS) is 34.1. The van der Waals surface area contributed by atoms with E-state index in [1.807, 2.05) is 13.8 Å². The van der Waals surface area contributed by atoms with Crippen molar-refractivity contribution in [3.05, 3.63) is 0 Å². The molecule has 2 aliphatic rings.